The standard InChI is InChI=1S/C14H9F3N4S/c1-22-8-9-3-2-4-11(14(15,16)17)13(9)21-12(7-20)10(5-18)6-19/h2-4,21H,8H2,1H3. The number of nitriles is 3. The molecule has 0 aliphatic rings. The number of para-hydroxylation sites is 1. The molecule has 22 heavy (non-hydrogen) atoms. The lowest BCUT2D eigenvalue weighted by molar-refractivity contribution is -0.137. The van der Waals surface area contributed by atoms with Crippen LogP contribution in [0.1, 0.15) is 11.1 Å². The second kappa shape index (κ2) is 7.40. The fraction of sp³-hybridized carbons (Fsp3) is 0.214. The van der Waals surface area contributed by atoms with E-state index in [-0.39, 0.29) is 11.4 Å². The maximum Gasteiger partial charge on any atom is 0.418 e. The number of nitrogens with one attached hydrogen (secondary N) is 1. The van der Waals surface area contributed by atoms with Crippen LogP contribution in [-0.4, -0.2) is 6.26 Å². The summed E-state index contributed by atoms with van der Waals surface area (Å²) in [7, 11) is 0. The van der Waals surface area contributed by atoms with Crippen LogP contribution in [0.2, 0.25) is 0 Å². The first kappa shape index (κ1) is 17.4. The molecule has 112 valence electrons. The highest BCUT2D eigenvalue weighted by Crippen LogP contribution is 2.38. The van der Waals surface area contributed by atoms with Gasteiger partial charge in [0.25, 0.3) is 0 Å². The molecule has 1 aromatic rings. The van der Waals surface area contributed by atoms with Gasteiger partial charge in [0.15, 0.2) is 5.57 Å². The average Bonchev–Trinajstić information content (AvgIpc) is 2.47. The number of allylic oxidation sites excluding steroid dienone is 2. The molecule has 0 amide bonds. The average molecular weight is 322 g/mol. The summed E-state index contributed by atoms with van der Waals surface area (Å²) in [6.07, 6.45) is -2.90. The number of alkyl halides is 3. The highest BCUT2D eigenvalue weighted by atomic mass is 32.2. The van der Waals surface area contributed by atoms with Crippen LogP contribution < -0.4 is 5.32 Å². The number of hydrogen-bond donors (Lipinski definition) is 1. The lowest BCUT2D eigenvalue weighted by Crippen LogP contribution is -2.13. The largest absolute Gasteiger partial charge is 0.418 e. The molecule has 0 aliphatic carbocycles. The van der Waals surface area contributed by atoms with Crippen molar-refractivity contribution < 1.29 is 13.2 Å². The Kier molecular flexibility index (Phi) is 5.86. The Balaban J connectivity index is 3.52. The monoisotopic (exact) mass is 322 g/mol. The van der Waals surface area contributed by atoms with Gasteiger partial charge in [-0.15, -0.1) is 0 Å². The number of anilines is 1. The van der Waals surface area contributed by atoms with Crippen molar-refractivity contribution in [3.8, 4) is 18.2 Å². The molecule has 0 heterocycles. The van der Waals surface area contributed by atoms with Gasteiger partial charge >= 0.3 is 6.18 Å². The van der Waals surface area contributed by atoms with E-state index in [2.05, 4.69) is 5.32 Å². The van der Waals surface area contributed by atoms with Gasteiger partial charge in [0, 0.05) is 5.75 Å². The van der Waals surface area contributed by atoms with Crippen LogP contribution >= 0.6 is 11.8 Å². The fourth-order valence-corrected chi connectivity index (χ4v) is 2.22. The van der Waals surface area contributed by atoms with Gasteiger partial charge in [-0.1, -0.05) is 12.1 Å². The first-order valence-corrected chi connectivity index (χ1v) is 7.18. The van der Waals surface area contributed by atoms with Gasteiger partial charge in [-0.2, -0.15) is 40.7 Å². The fourth-order valence-electron chi connectivity index (χ4n) is 1.67. The Bertz CT molecular complexity index is 702. The summed E-state index contributed by atoms with van der Waals surface area (Å²) in [5.41, 5.74) is -2.03. The van der Waals surface area contributed by atoms with E-state index in [1.807, 2.05) is 0 Å². The van der Waals surface area contributed by atoms with Crippen molar-refractivity contribution in [3.05, 3.63) is 40.6 Å². The molecule has 0 saturated carbocycles. The normalized spacial score (nSPS) is 10.0. The van der Waals surface area contributed by atoms with E-state index < -0.39 is 23.0 Å². The predicted octanol–water partition coefficient (Wildman–Crippen LogP) is 3.81. The molecular weight excluding hydrogens is 313 g/mol. The first-order chi connectivity index (χ1) is 10.4. The zero-order valence-electron chi connectivity index (χ0n) is 11.3. The van der Waals surface area contributed by atoms with Gasteiger partial charge in [0.2, 0.25) is 0 Å². The van der Waals surface area contributed by atoms with Crippen molar-refractivity contribution in [1.82, 2.24) is 0 Å². The molecule has 0 atom stereocenters. The molecule has 8 heteroatoms. The van der Waals surface area contributed by atoms with Crippen molar-refractivity contribution in [2.75, 3.05) is 11.6 Å². The van der Waals surface area contributed by atoms with E-state index in [1.165, 1.54) is 36.0 Å². The summed E-state index contributed by atoms with van der Waals surface area (Å²) in [5, 5.41) is 28.8. The van der Waals surface area contributed by atoms with Crippen LogP contribution in [0, 0.1) is 34.0 Å². The number of hydrogen-bond acceptors (Lipinski definition) is 5. The van der Waals surface area contributed by atoms with E-state index in [4.69, 9.17) is 15.8 Å². The molecule has 0 radical (unpaired) electrons. The summed E-state index contributed by atoms with van der Waals surface area (Å²) in [6.45, 7) is 0. The van der Waals surface area contributed by atoms with E-state index in [0.29, 0.717) is 5.56 Å². The molecule has 1 aromatic carbocycles. The molecule has 0 saturated heterocycles. The summed E-state index contributed by atoms with van der Waals surface area (Å²) in [6, 6.07) is 8.14. The third-order valence-corrected chi connectivity index (χ3v) is 3.19. The van der Waals surface area contributed by atoms with Gasteiger partial charge in [0.05, 0.1) is 11.3 Å². The molecule has 1 N–H and O–H groups in total. The molecule has 0 fully saturated rings. The van der Waals surface area contributed by atoms with Gasteiger partial charge in [-0.3, -0.25) is 0 Å². The minimum absolute atomic E-state index is 0.277. The van der Waals surface area contributed by atoms with Gasteiger partial charge in [-0.25, -0.2) is 0 Å². The second-order valence-electron chi connectivity index (χ2n) is 3.98. The molecule has 0 aliphatic heterocycles. The molecular formula is C14H9F3N4S. The Labute approximate surface area is 129 Å². The lowest BCUT2D eigenvalue weighted by atomic mass is 10.1. The number of nitrogens with zero attached hydrogens (tertiary/aromatic N) is 3. The van der Waals surface area contributed by atoms with Crippen molar-refractivity contribution >= 4 is 17.4 Å². The number of thioether (sulfide) groups is 1. The second-order valence-corrected chi connectivity index (χ2v) is 4.85. The Morgan fingerprint density at radius 1 is 1.18 bits per heavy atom. The maximum absolute atomic E-state index is 13.1. The SMILES string of the molecule is CSCc1cccc(C(F)(F)F)c1NC(C#N)=C(C#N)C#N. The van der Waals surface area contributed by atoms with E-state index in [9.17, 15) is 13.2 Å². The summed E-state index contributed by atoms with van der Waals surface area (Å²) in [5.74, 6) is 0.277. The van der Waals surface area contributed by atoms with Crippen LogP contribution in [0.3, 0.4) is 0 Å². The van der Waals surface area contributed by atoms with E-state index in [1.54, 1.807) is 12.3 Å². The number of halogens is 3. The molecule has 4 nitrogen and oxygen atoms in total. The Morgan fingerprint density at radius 3 is 2.27 bits per heavy atom. The van der Waals surface area contributed by atoms with Crippen molar-refractivity contribution in [1.29, 1.82) is 15.8 Å². The third kappa shape index (κ3) is 3.94. The highest BCUT2D eigenvalue weighted by molar-refractivity contribution is 7.97. The first-order valence-electron chi connectivity index (χ1n) is 5.78. The minimum atomic E-state index is -4.63. The zero-order valence-corrected chi connectivity index (χ0v) is 12.1. The van der Waals surface area contributed by atoms with E-state index >= 15 is 0 Å². The molecule has 0 bridgehead atoms. The lowest BCUT2D eigenvalue weighted by Gasteiger charge is -2.17. The van der Waals surface area contributed by atoms with Crippen LogP contribution in [0.15, 0.2) is 29.5 Å². The van der Waals surface area contributed by atoms with Crippen LogP contribution in [-0.2, 0) is 11.9 Å². The van der Waals surface area contributed by atoms with Crippen LogP contribution in [0.5, 0.6) is 0 Å². The number of rotatable bonds is 4. The topological polar surface area (TPSA) is 83.4 Å². The van der Waals surface area contributed by atoms with Crippen molar-refractivity contribution in [2.24, 2.45) is 0 Å². The third-order valence-electron chi connectivity index (χ3n) is 2.59. The van der Waals surface area contributed by atoms with Gasteiger partial charge in [0.1, 0.15) is 23.9 Å². The molecule has 1 rings (SSSR count). The van der Waals surface area contributed by atoms with Gasteiger partial charge in [-0.05, 0) is 17.9 Å². The van der Waals surface area contributed by atoms with E-state index in [0.717, 1.165) is 6.07 Å². The summed E-state index contributed by atoms with van der Waals surface area (Å²) < 4.78 is 39.3. The maximum atomic E-state index is 13.1. The Morgan fingerprint density at radius 2 is 1.82 bits per heavy atom. The summed E-state index contributed by atoms with van der Waals surface area (Å²) in [4.78, 5) is 0. The quantitative estimate of drug-likeness (QED) is 0.852. The molecule has 0 unspecified atom stereocenters. The zero-order chi connectivity index (χ0) is 16.8. The predicted molar refractivity (Wildman–Crippen MR) is 76.2 cm³/mol. The Hall–Kier alpha value is -2.63. The smallest absolute Gasteiger partial charge is 0.344 e. The van der Waals surface area contributed by atoms with Crippen molar-refractivity contribution in [3.63, 3.8) is 0 Å². The summed E-state index contributed by atoms with van der Waals surface area (Å²) >= 11 is 1.31. The highest BCUT2D eigenvalue weighted by Gasteiger charge is 2.34. The van der Waals surface area contributed by atoms with Crippen molar-refractivity contribution in [2.45, 2.75) is 11.9 Å². The van der Waals surface area contributed by atoms with Gasteiger partial charge < -0.3 is 5.32 Å². The molecule has 0 aromatic heterocycles. The minimum Gasteiger partial charge on any atom is -0.344 e. The number of benzene rings is 1. The van der Waals surface area contributed by atoms with Crippen LogP contribution in [0.4, 0.5) is 18.9 Å². The molecule has 0 spiro atoms. The van der Waals surface area contributed by atoms with Crippen LogP contribution in [0.25, 0.3) is 0 Å².